The second kappa shape index (κ2) is 10.3. The summed E-state index contributed by atoms with van der Waals surface area (Å²) in [6.07, 6.45) is 3.96. The van der Waals surface area contributed by atoms with Crippen LogP contribution in [0.25, 0.3) is 11.0 Å². The predicted molar refractivity (Wildman–Crippen MR) is 129 cm³/mol. The third kappa shape index (κ3) is 6.55. The van der Waals surface area contributed by atoms with E-state index in [2.05, 4.69) is 33.5 Å². The maximum Gasteiger partial charge on any atom is 0.441 e. The molecular formula is C25H35N5O3. The van der Waals surface area contributed by atoms with Crippen LogP contribution in [-0.4, -0.2) is 47.0 Å². The van der Waals surface area contributed by atoms with Crippen molar-refractivity contribution in [3.05, 3.63) is 34.8 Å². The Hall–Kier alpha value is -2.92. The zero-order valence-corrected chi connectivity index (χ0v) is 20.1. The van der Waals surface area contributed by atoms with Gasteiger partial charge in [-0.15, -0.1) is 0 Å². The van der Waals surface area contributed by atoms with Crippen molar-refractivity contribution < 1.29 is 9.21 Å². The summed E-state index contributed by atoms with van der Waals surface area (Å²) in [5, 5.41) is 16.8. The van der Waals surface area contributed by atoms with Gasteiger partial charge in [-0.25, -0.2) is 4.79 Å². The second-order valence-corrected chi connectivity index (χ2v) is 10.2. The van der Waals surface area contributed by atoms with Gasteiger partial charge in [0.15, 0.2) is 0 Å². The summed E-state index contributed by atoms with van der Waals surface area (Å²) in [7, 11) is 0. The van der Waals surface area contributed by atoms with Gasteiger partial charge < -0.3 is 20.0 Å². The van der Waals surface area contributed by atoms with Crippen LogP contribution in [0.15, 0.2) is 33.5 Å². The van der Waals surface area contributed by atoms with Crippen LogP contribution in [0.2, 0.25) is 0 Å². The molecule has 2 heterocycles. The van der Waals surface area contributed by atoms with Crippen molar-refractivity contribution in [2.24, 2.45) is 5.41 Å². The molecule has 1 aromatic heterocycles. The molecule has 1 aromatic carbocycles. The Bertz CT molecular complexity index is 1060. The Balaban J connectivity index is 1.81. The molecule has 3 rings (SSSR count). The quantitative estimate of drug-likeness (QED) is 0.627. The van der Waals surface area contributed by atoms with Gasteiger partial charge in [0.05, 0.1) is 11.5 Å². The molecule has 1 amide bonds. The maximum atomic E-state index is 13.5. The van der Waals surface area contributed by atoms with Crippen LogP contribution >= 0.6 is 0 Å². The highest BCUT2D eigenvalue weighted by Crippen LogP contribution is 2.27. The van der Waals surface area contributed by atoms with Crippen LogP contribution in [0.1, 0.15) is 59.8 Å². The number of amides is 1. The van der Waals surface area contributed by atoms with Crippen molar-refractivity contribution in [3.63, 3.8) is 0 Å². The van der Waals surface area contributed by atoms with Crippen molar-refractivity contribution in [1.29, 1.82) is 5.26 Å². The maximum absolute atomic E-state index is 13.5. The Kier molecular flexibility index (Phi) is 7.75. The lowest BCUT2D eigenvalue weighted by Gasteiger charge is -2.39. The van der Waals surface area contributed by atoms with E-state index in [1.54, 1.807) is 18.2 Å². The molecule has 178 valence electrons. The minimum absolute atomic E-state index is 0.173. The average Bonchev–Trinajstić information content (AvgIpc) is 2.77. The minimum atomic E-state index is -0.886. The second-order valence-electron chi connectivity index (χ2n) is 10.2. The van der Waals surface area contributed by atoms with Gasteiger partial charge in [-0.1, -0.05) is 46.2 Å². The van der Waals surface area contributed by atoms with E-state index in [-0.39, 0.29) is 11.3 Å². The van der Waals surface area contributed by atoms with Gasteiger partial charge in [-0.3, -0.25) is 4.79 Å². The SMILES string of the molecule is CCCCN1CCC(C#N)(NC(=O)[C@H](CC(C)(C)C)Nc2nc(=O)oc3ccccc23)CC1. The molecule has 0 radical (unpaired) electrons. The summed E-state index contributed by atoms with van der Waals surface area (Å²) >= 11 is 0. The lowest BCUT2D eigenvalue weighted by Crippen LogP contribution is -2.57. The van der Waals surface area contributed by atoms with Crippen LogP contribution in [-0.2, 0) is 4.79 Å². The van der Waals surface area contributed by atoms with E-state index in [9.17, 15) is 14.9 Å². The highest BCUT2D eigenvalue weighted by molar-refractivity contribution is 5.91. The predicted octanol–water partition coefficient (Wildman–Crippen LogP) is 3.68. The van der Waals surface area contributed by atoms with E-state index in [4.69, 9.17) is 4.42 Å². The fourth-order valence-electron chi connectivity index (χ4n) is 4.24. The molecule has 1 fully saturated rings. The van der Waals surface area contributed by atoms with E-state index in [0.29, 0.717) is 36.0 Å². The number of carbonyl (C=O) groups is 1. The summed E-state index contributed by atoms with van der Waals surface area (Å²) in [6, 6.07) is 8.81. The largest absolute Gasteiger partial charge is 0.441 e. The van der Waals surface area contributed by atoms with Gasteiger partial charge in [-0.2, -0.15) is 10.2 Å². The van der Waals surface area contributed by atoms with Crippen LogP contribution in [0.3, 0.4) is 0 Å². The Morgan fingerprint density at radius 2 is 2.00 bits per heavy atom. The lowest BCUT2D eigenvalue weighted by atomic mass is 9.85. The molecule has 2 N–H and O–H groups in total. The first kappa shape index (κ1) is 24.7. The van der Waals surface area contributed by atoms with Crippen molar-refractivity contribution in [3.8, 4) is 6.07 Å². The summed E-state index contributed by atoms with van der Waals surface area (Å²) in [5.41, 5.74) is -0.654. The molecular weight excluding hydrogens is 418 g/mol. The number of nitriles is 1. The van der Waals surface area contributed by atoms with E-state index >= 15 is 0 Å². The Labute approximate surface area is 195 Å². The minimum Gasteiger partial charge on any atom is -0.408 e. The number of nitrogens with zero attached hydrogens (tertiary/aromatic N) is 3. The van der Waals surface area contributed by atoms with E-state index in [1.165, 1.54) is 0 Å². The van der Waals surface area contributed by atoms with E-state index in [0.717, 1.165) is 32.5 Å². The summed E-state index contributed by atoms with van der Waals surface area (Å²) < 4.78 is 5.18. The smallest absolute Gasteiger partial charge is 0.408 e. The number of hydrogen-bond acceptors (Lipinski definition) is 7. The fourth-order valence-corrected chi connectivity index (χ4v) is 4.24. The van der Waals surface area contributed by atoms with Crippen molar-refractivity contribution >= 4 is 22.7 Å². The van der Waals surface area contributed by atoms with Crippen LogP contribution in [0, 0.1) is 16.7 Å². The van der Waals surface area contributed by atoms with Crippen molar-refractivity contribution in [2.75, 3.05) is 25.0 Å². The molecule has 0 aliphatic carbocycles. The highest BCUT2D eigenvalue weighted by atomic mass is 16.4. The van der Waals surface area contributed by atoms with Gasteiger partial charge in [-0.05, 0) is 49.8 Å². The number of benzene rings is 1. The zero-order valence-electron chi connectivity index (χ0n) is 20.1. The molecule has 1 atom stereocenters. The fraction of sp³-hybridized carbons (Fsp3) is 0.600. The molecule has 0 unspecified atom stereocenters. The third-order valence-electron chi connectivity index (χ3n) is 6.10. The number of para-hydroxylation sites is 1. The molecule has 0 bridgehead atoms. The number of anilines is 1. The summed E-state index contributed by atoms with van der Waals surface area (Å²) in [4.78, 5) is 31.8. The lowest BCUT2D eigenvalue weighted by molar-refractivity contribution is -0.124. The molecule has 1 aliphatic rings. The normalized spacial score (nSPS) is 17.3. The first-order chi connectivity index (χ1) is 15.6. The molecule has 1 aliphatic heterocycles. The molecule has 1 saturated heterocycles. The topological polar surface area (TPSA) is 111 Å². The van der Waals surface area contributed by atoms with Gasteiger partial charge in [0.1, 0.15) is 23.0 Å². The third-order valence-corrected chi connectivity index (χ3v) is 6.10. The number of rotatable bonds is 8. The summed E-state index contributed by atoms with van der Waals surface area (Å²) in [5.74, 6) is -0.668. The van der Waals surface area contributed by atoms with E-state index < -0.39 is 17.3 Å². The summed E-state index contributed by atoms with van der Waals surface area (Å²) in [6.45, 7) is 10.9. The highest BCUT2D eigenvalue weighted by Gasteiger charge is 2.38. The number of hydrogen-bond donors (Lipinski definition) is 2. The molecule has 0 spiro atoms. The van der Waals surface area contributed by atoms with Crippen LogP contribution < -0.4 is 16.4 Å². The van der Waals surface area contributed by atoms with Gasteiger partial charge in [0.25, 0.3) is 0 Å². The molecule has 2 aromatic rings. The zero-order chi connectivity index (χ0) is 24.1. The van der Waals surface area contributed by atoms with Gasteiger partial charge in [0, 0.05) is 13.1 Å². The van der Waals surface area contributed by atoms with Crippen LogP contribution in [0.5, 0.6) is 0 Å². The van der Waals surface area contributed by atoms with Crippen molar-refractivity contribution in [2.45, 2.75) is 71.4 Å². The number of fused-ring (bicyclic) bond motifs is 1. The molecule has 8 heteroatoms. The monoisotopic (exact) mass is 453 g/mol. The number of unbranched alkanes of at least 4 members (excludes halogenated alkanes) is 1. The van der Waals surface area contributed by atoms with E-state index in [1.807, 2.05) is 26.8 Å². The molecule has 0 saturated carbocycles. The first-order valence-corrected chi connectivity index (χ1v) is 11.8. The number of carbonyl (C=O) groups excluding carboxylic acids is 1. The first-order valence-electron chi connectivity index (χ1n) is 11.8. The Morgan fingerprint density at radius 1 is 1.30 bits per heavy atom. The van der Waals surface area contributed by atoms with Gasteiger partial charge >= 0.3 is 5.76 Å². The average molecular weight is 454 g/mol. The number of aromatic nitrogens is 1. The number of likely N-dealkylation sites (tertiary alicyclic amines) is 1. The number of nitrogens with one attached hydrogen (secondary N) is 2. The standard InChI is InChI=1S/C25H35N5O3/c1-5-6-13-30-14-11-25(17-26,12-15-30)29-22(31)19(16-24(2,3)4)27-21-18-9-7-8-10-20(18)33-23(32)28-21/h7-10,19H,5-6,11-16H2,1-4H3,(H,29,31)(H,27,28,32)/t19-/m0/s1. The van der Waals surface area contributed by atoms with Crippen LogP contribution in [0.4, 0.5) is 5.82 Å². The molecule has 8 nitrogen and oxygen atoms in total. The Morgan fingerprint density at radius 3 is 2.64 bits per heavy atom. The van der Waals surface area contributed by atoms with Crippen molar-refractivity contribution in [1.82, 2.24) is 15.2 Å². The number of piperidine rings is 1. The van der Waals surface area contributed by atoms with Gasteiger partial charge in [0.2, 0.25) is 5.91 Å². The molecule has 33 heavy (non-hydrogen) atoms.